The molecule has 0 atom stereocenters. The minimum Gasteiger partial charge on any atom is -0.497 e. The van der Waals surface area contributed by atoms with Crippen LogP contribution in [-0.2, 0) is 11.3 Å². The van der Waals surface area contributed by atoms with E-state index in [0.717, 1.165) is 11.3 Å². The molecule has 3 N–H and O–H groups in total. The van der Waals surface area contributed by atoms with Gasteiger partial charge in [-0.05, 0) is 48.0 Å². The van der Waals surface area contributed by atoms with E-state index in [2.05, 4.69) is 32.5 Å². The number of anilines is 3. The Morgan fingerprint density at radius 3 is 2.31 bits per heavy atom. The second kappa shape index (κ2) is 12.7. The molecular formula is C29H27N5O5. The summed E-state index contributed by atoms with van der Waals surface area (Å²) in [6.45, 7) is 3.73. The Hall–Kier alpha value is -5.38. The monoisotopic (exact) mass is 525 g/mol. The lowest BCUT2D eigenvalue weighted by Crippen LogP contribution is -2.24. The predicted molar refractivity (Wildman–Crippen MR) is 148 cm³/mol. The van der Waals surface area contributed by atoms with Crippen LogP contribution in [0.5, 0.6) is 23.1 Å². The van der Waals surface area contributed by atoms with E-state index in [-0.39, 0.29) is 29.8 Å². The van der Waals surface area contributed by atoms with E-state index in [1.165, 1.54) is 12.3 Å². The van der Waals surface area contributed by atoms with E-state index in [1.54, 1.807) is 44.6 Å². The summed E-state index contributed by atoms with van der Waals surface area (Å²) >= 11 is 0. The van der Waals surface area contributed by atoms with Crippen LogP contribution in [0.25, 0.3) is 0 Å². The number of aromatic nitrogens is 2. The van der Waals surface area contributed by atoms with Crippen LogP contribution in [0.2, 0.25) is 0 Å². The third-order valence-corrected chi connectivity index (χ3v) is 5.44. The third kappa shape index (κ3) is 7.32. The number of methoxy groups -OCH3 is 2. The van der Waals surface area contributed by atoms with E-state index >= 15 is 0 Å². The Morgan fingerprint density at radius 2 is 1.59 bits per heavy atom. The molecule has 0 radical (unpaired) electrons. The molecule has 198 valence electrons. The van der Waals surface area contributed by atoms with Gasteiger partial charge in [-0.25, -0.2) is 4.98 Å². The molecule has 0 bridgehead atoms. The van der Waals surface area contributed by atoms with Crippen LogP contribution in [0.15, 0.2) is 91.6 Å². The zero-order valence-corrected chi connectivity index (χ0v) is 21.4. The summed E-state index contributed by atoms with van der Waals surface area (Å²) in [7, 11) is 3.17. The van der Waals surface area contributed by atoms with Gasteiger partial charge in [0, 0.05) is 36.2 Å². The second-order valence-electron chi connectivity index (χ2n) is 8.12. The average Bonchev–Trinajstić information content (AvgIpc) is 2.96. The van der Waals surface area contributed by atoms with Gasteiger partial charge in [0.05, 0.1) is 14.2 Å². The molecule has 0 unspecified atom stereocenters. The maximum absolute atomic E-state index is 13.2. The number of hydrogen-bond acceptors (Lipinski definition) is 8. The Labute approximate surface area is 225 Å². The first-order chi connectivity index (χ1) is 19.0. The van der Waals surface area contributed by atoms with Crippen molar-refractivity contribution in [1.29, 1.82) is 0 Å². The van der Waals surface area contributed by atoms with E-state index in [1.807, 2.05) is 42.5 Å². The lowest BCUT2D eigenvalue weighted by molar-refractivity contribution is -0.111. The molecule has 2 amide bonds. The molecule has 0 aliphatic rings. The molecule has 0 saturated carbocycles. The van der Waals surface area contributed by atoms with Crippen LogP contribution in [0.4, 0.5) is 17.3 Å². The summed E-state index contributed by atoms with van der Waals surface area (Å²) in [6, 6.07) is 21.3. The summed E-state index contributed by atoms with van der Waals surface area (Å²) in [4.78, 5) is 33.6. The highest BCUT2D eigenvalue weighted by atomic mass is 16.5. The van der Waals surface area contributed by atoms with Crippen molar-refractivity contribution in [2.45, 2.75) is 6.54 Å². The average molecular weight is 526 g/mol. The van der Waals surface area contributed by atoms with Gasteiger partial charge >= 0.3 is 0 Å². The van der Waals surface area contributed by atoms with Gasteiger partial charge in [0.2, 0.25) is 17.7 Å². The Morgan fingerprint density at radius 1 is 0.897 bits per heavy atom. The molecule has 0 aliphatic carbocycles. The maximum atomic E-state index is 13.2. The van der Waals surface area contributed by atoms with Crippen molar-refractivity contribution in [3.05, 3.63) is 103 Å². The minimum atomic E-state index is -0.426. The van der Waals surface area contributed by atoms with E-state index < -0.39 is 5.91 Å². The molecule has 10 nitrogen and oxygen atoms in total. The van der Waals surface area contributed by atoms with Gasteiger partial charge in [-0.1, -0.05) is 30.8 Å². The van der Waals surface area contributed by atoms with Crippen molar-refractivity contribution in [2.75, 3.05) is 24.9 Å². The van der Waals surface area contributed by atoms with E-state index in [9.17, 15) is 9.59 Å². The van der Waals surface area contributed by atoms with Crippen LogP contribution < -0.4 is 30.2 Å². The molecule has 0 spiro atoms. The molecule has 0 saturated heterocycles. The normalized spacial score (nSPS) is 10.2. The molecule has 4 aromatic rings. The molecule has 10 heteroatoms. The number of rotatable bonds is 11. The van der Waals surface area contributed by atoms with Gasteiger partial charge in [-0.2, -0.15) is 4.98 Å². The lowest BCUT2D eigenvalue weighted by Gasteiger charge is -2.13. The number of amides is 2. The smallest absolute Gasteiger partial charge is 0.258 e. The lowest BCUT2D eigenvalue weighted by atomic mass is 10.2. The van der Waals surface area contributed by atoms with Crippen molar-refractivity contribution in [3.63, 3.8) is 0 Å². The van der Waals surface area contributed by atoms with Crippen LogP contribution in [0, 0.1) is 0 Å². The predicted octanol–water partition coefficient (Wildman–Crippen LogP) is 5.08. The highest BCUT2D eigenvalue weighted by Gasteiger charge is 2.18. The quantitative estimate of drug-likeness (QED) is 0.232. The summed E-state index contributed by atoms with van der Waals surface area (Å²) in [5, 5.41) is 8.63. The van der Waals surface area contributed by atoms with Gasteiger partial charge in [-0.3, -0.25) is 9.59 Å². The number of nitrogens with zero attached hydrogens (tertiary/aromatic N) is 2. The first-order valence-corrected chi connectivity index (χ1v) is 11.9. The summed E-state index contributed by atoms with van der Waals surface area (Å²) < 4.78 is 16.5. The zero-order chi connectivity index (χ0) is 27.6. The minimum absolute atomic E-state index is 0.0230. The van der Waals surface area contributed by atoms with E-state index in [0.29, 0.717) is 22.9 Å². The molecular weight excluding hydrogens is 498 g/mol. The molecule has 1 aromatic heterocycles. The fraction of sp³-hybridized carbons (Fsp3) is 0.103. The largest absolute Gasteiger partial charge is 0.497 e. The van der Waals surface area contributed by atoms with Crippen LogP contribution >= 0.6 is 0 Å². The summed E-state index contributed by atoms with van der Waals surface area (Å²) in [5.74, 6) is 1.18. The Balaban J connectivity index is 1.60. The SMILES string of the molecule is C=CC(=O)Nc1cccc(Oc2nc(Nc3cccc(OC)c3)ncc2C(=O)NCc2ccc(OC)cc2)c1. The Bertz CT molecular complexity index is 1470. The maximum Gasteiger partial charge on any atom is 0.258 e. The first kappa shape index (κ1) is 26.7. The fourth-order valence-corrected chi connectivity index (χ4v) is 3.45. The number of nitrogens with one attached hydrogen (secondary N) is 3. The third-order valence-electron chi connectivity index (χ3n) is 5.44. The second-order valence-corrected chi connectivity index (χ2v) is 8.12. The van der Waals surface area contributed by atoms with Crippen molar-refractivity contribution in [2.24, 2.45) is 0 Å². The van der Waals surface area contributed by atoms with Gasteiger partial charge in [0.1, 0.15) is 22.8 Å². The molecule has 3 aromatic carbocycles. The van der Waals surface area contributed by atoms with Crippen molar-refractivity contribution < 1.29 is 23.8 Å². The molecule has 0 aliphatic heterocycles. The van der Waals surface area contributed by atoms with Crippen molar-refractivity contribution >= 4 is 29.1 Å². The number of benzene rings is 3. The summed E-state index contributed by atoms with van der Waals surface area (Å²) in [6.07, 6.45) is 2.55. The first-order valence-electron chi connectivity index (χ1n) is 11.9. The molecule has 0 fully saturated rings. The standard InChI is InChI=1S/C29H27N5O5/c1-4-26(35)32-20-7-6-10-24(16-20)39-28-25(27(36)30-17-19-11-13-22(37-2)14-12-19)18-31-29(34-28)33-21-8-5-9-23(15-21)38-3/h4-16,18H,1,17H2,2-3H3,(H,30,36)(H,32,35)(H,31,33,34). The molecule has 4 rings (SSSR count). The van der Waals surface area contributed by atoms with Crippen molar-refractivity contribution in [1.82, 2.24) is 15.3 Å². The fourth-order valence-electron chi connectivity index (χ4n) is 3.45. The van der Waals surface area contributed by atoms with Gasteiger partial charge in [0.25, 0.3) is 5.91 Å². The van der Waals surface area contributed by atoms with Gasteiger partial charge < -0.3 is 30.2 Å². The number of carbonyl (C=O) groups excluding carboxylic acids is 2. The highest BCUT2D eigenvalue weighted by molar-refractivity contribution is 5.99. The van der Waals surface area contributed by atoms with Crippen LogP contribution in [-0.4, -0.2) is 36.0 Å². The zero-order valence-electron chi connectivity index (χ0n) is 21.4. The van der Waals surface area contributed by atoms with Crippen molar-refractivity contribution in [3.8, 4) is 23.1 Å². The van der Waals surface area contributed by atoms with Gasteiger partial charge in [0.15, 0.2) is 0 Å². The van der Waals surface area contributed by atoms with Crippen LogP contribution in [0.3, 0.4) is 0 Å². The molecule has 39 heavy (non-hydrogen) atoms. The Kier molecular flexibility index (Phi) is 8.71. The highest BCUT2D eigenvalue weighted by Crippen LogP contribution is 2.28. The summed E-state index contributed by atoms with van der Waals surface area (Å²) in [5.41, 5.74) is 2.19. The number of carbonyl (C=O) groups is 2. The number of ether oxygens (including phenoxy) is 3. The molecule has 1 heterocycles. The van der Waals surface area contributed by atoms with Crippen LogP contribution in [0.1, 0.15) is 15.9 Å². The van der Waals surface area contributed by atoms with Gasteiger partial charge in [-0.15, -0.1) is 0 Å². The van der Waals surface area contributed by atoms with E-state index in [4.69, 9.17) is 14.2 Å². The number of hydrogen-bond donors (Lipinski definition) is 3. The topological polar surface area (TPSA) is 124 Å².